The molecule has 10 rings (SSSR count). The quantitative estimate of drug-likeness (QED) is 0.0218. The first-order valence-corrected chi connectivity index (χ1v) is 54.3. The first kappa shape index (κ1) is 76.1. The number of aliphatic hydroxyl groups excluding tert-OH is 1. The number of fused-ring (bicyclic) bond motifs is 6. The van der Waals surface area contributed by atoms with Gasteiger partial charge in [0.25, 0.3) is 0 Å². The van der Waals surface area contributed by atoms with Gasteiger partial charge in [-0.3, -0.25) is 0 Å². The molecule has 0 amide bonds. The number of hydrogen-bond acceptors (Lipinski definition) is 11. The summed E-state index contributed by atoms with van der Waals surface area (Å²) in [5.74, 6) is 5.23. The van der Waals surface area contributed by atoms with Gasteiger partial charge in [0.05, 0.1) is 19.0 Å². The lowest BCUT2D eigenvalue weighted by atomic mass is 9.79. The van der Waals surface area contributed by atoms with Gasteiger partial charge in [0, 0.05) is 111 Å². The van der Waals surface area contributed by atoms with Crippen LogP contribution < -0.4 is 9.80 Å². The molecule has 0 radical (unpaired) electrons. The van der Waals surface area contributed by atoms with E-state index in [1.54, 1.807) is 18.3 Å². The van der Waals surface area contributed by atoms with Gasteiger partial charge in [-0.2, -0.15) is 30.3 Å². The van der Waals surface area contributed by atoms with E-state index < -0.39 is 45.5 Å². The van der Waals surface area contributed by atoms with Crippen molar-refractivity contribution >= 4 is 73.7 Å². The normalized spacial score (nSPS) is 20.1. The van der Waals surface area contributed by atoms with Gasteiger partial charge < -0.3 is 33.9 Å². The van der Waals surface area contributed by atoms with Crippen molar-refractivity contribution in [2.75, 3.05) is 63.2 Å². The van der Waals surface area contributed by atoms with Crippen molar-refractivity contribution in [3.63, 3.8) is 0 Å². The van der Waals surface area contributed by atoms with Gasteiger partial charge in [-0.25, -0.2) is 18.7 Å². The van der Waals surface area contributed by atoms with Gasteiger partial charge in [-0.15, -0.1) is 0 Å². The van der Waals surface area contributed by atoms with E-state index in [2.05, 4.69) is 134 Å². The molecule has 0 saturated heterocycles. The lowest BCUT2D eigenvalue weighted by Gasteiger charge is -2.30. The van der Waals surface area contributed by atoms with Crippen LogP contribution in [0.1, 0.15) is 126 Å². The SMILES string of the molecule is CC(C)(C)[Si](C)(C)Cl.CCc1ccc(-c2cnn3c(N(COCC[Si](C)(C)C)COCC[Si](C)(C)C)cc(C4C[C@H]5CC[C@@H](C4)C5)nc23)cc1F.C[Si](C)(C)CCOCN(COCC[Si](C)(C)C)c1cc(C2C[C@H]3CC[C@@H](C2)C3)nc2c(-c3ccc(CO)c(F)c3)cnn12. The second kappa shape index (κ2) is 32.5. The van der Waals surface area contributed by atoms with Gasteiger partial charge in [-0.05, 0) is 127 Å². The predicted octanol–water partition coefficient (Wildman–Crippen LogP) is 19.8. The molecule has 6 atom stereocenters. The second-order valence-corrected chi connectivity index (χ2v) is 64.2. The van der Waals surface area contributed by atoms with Crippen LogP contribution >= 0.6 is 11.1 Å². The number of ether oxygens (including phenoxy) is 4. The lowest BCUT2D eigenvalue weighted by Crippen LogP contribution is -2.33. The molecular formula is C73H119ClF2N8O5Si5. The highest BCUT2D eigenvalue weighted by Gasteiger charge is 2.38. The molecule has 4 heterocycles. The summed E-state index contributed by atoms with van der Waals surface area (Å²) in [6.07, 6.45) is 17.1. The number of aromatic nitrogens is 6. The minimum atomic E-state index is -1.39. The third-order valence-corrected chi connectivity index (χ3v) is 32.3. The van der Waals surface area contributed by atoms with Crippen LogP contribution in [0, 0.1) is 35.3 Å². The van der Waals surface area contributed by atoms with E-state index >= 15 is 0 Å². The van der Waals surface area contributed by atoms with Crippen LogP contribution in [0.4, 0.5) is 20.4 Å². The van der Waals surface area contributed by atoms with E-state index in [0.29, 0.717) is 55.8 Å². The van der Waals surface area contributed by atoms with Crippen molar-refractivity contribution in [3.8, 4) is 22.3 Å². The van der Waals surface area contributed by atoms with Crippen molar-refractivity contribution in [3.05, 3.63) is 95.1 Å². The van der Waals surface area contributed by atoms with Crippen molar-refractivity contribution in [2.45, 2.75) is 238 Å². The fraction of sp³-hybridized carbons (Fsp3) is 0.671. The summed E-state index contributed by atoms with van der Waals surface area (Å²) in [6.45, 7) is 45.7. The molecule has 21 heteroatoms. The van der Waals surface area contributed by atoms with Gasteiger partial charge in [0.2, 0.25) is 0 Å². The number of hydrogen-bond donors (Lipinski definition) is 1. The molecule has 6 aromatic rings. The molecule has 4 aromatic heterocycles. The van der Waals surface area contributed by atoms with Crippen LogP contribution in [-0.4, -0.2) is 127 Å². The molecule has 4 saturated carbocycles. The summed E-state index contributed by atoms with van der Waals surface area (Å²) in [5, 5.41) is 19.5. The van der Waals surface area contributed by atoms with E-state index in [1.807, 2.05) is 40.4 Å². The maximum absolute atomic E-state index is 14.9. The Labute approximate surface area is 574 Å². The molecule has 13 nitrogen and oxygen atoms in total. The Kier molecular flexibility index (Phi) is 26.3. The molecule has 4 bridgehead atoms. The molecule has 1 N–H and O–H groups in total. The summed E-state index contributed by atoms with van der Waals surface area (Å²) >= 11 is 6.15. The molecular weight excluding hydrogens is 1280 g/mol. The Hall–Kier alpha value is -3.69. The highest BCUT2D eigenvalue weighted by molar-refractivity contribution is 7.20. The number of halogens is 3. The maximum atomic E-state index is 14.9. The first-order valence-electron chi connectivity index (χ1n) is 35.5. The van der Waals surface area contributed by atoms with Gasteiger partial charge in [0.15, 0.2) is 18.7 Å². The number of benzene rings is 2. The van der Waals surface area contributed by atoms with E-state index in [0.717, 1.165) is 131 Å². The van der Waals surface area contributed by atoms with Crippen LogP contribution in [0.3, 0.4) is 0 Å². The number of rotatable bonds is 28. The minimum Gasteiger partial charge on any atom is -0.392 e. The van der Waals surface area contributed by atoms with Crippen molar-refractivity contribution in [1.29, 1.82) is 0 Å². The molecule has 522 valence electrons. The summed E-state index contributed by atoms with van der Waals surface area (Å²) in [7, 11) is -6.29. The third kappa shape index (κ3) is 21.9. The topological polar surface area (TPSA) is 124 Å². The second-order valence-electron chi connectivity index (χ2n) is 34.4. The molecule has 0 aliphatic heterocycles. The van der Waals surface area contributed by atoms with Gasteiger partial charge in [0.1, 0.15) is 50.2 Å². The van der Waals surface area contributed by atoms with E-state index in [9.17, 15) is 13.9 Å². The minimum absolute atomic E-state index is 0.173. The Bertz CT molecular complexity index is 3120. The average Bonchev–Trinajstić information content (AvgIpc) is 1.56. The van der Waals surface area contributed by atoms with E-state index in [-0.39, 0.29) is 18.0 Å². The number of nitrogens with zero attached hydrogens (tertiary/aromatic N) is 8. The van der Waals surface area contributed by atoms with Crippen LogP contribution in [-0.2, 0) is 32.0 Å². The average molecular weight is 1400 g/mol. The largest absolute Gasteiger partial charge is 0.392 e. The summed E-state index contributed by atoms with van der Waals surface area (Å²) < 4.78 is 58.7. The Morgan fingerprint density at radius 1 is 0.511 bits per heavy atom. The smallest absolute Gasteiger partial charge is 0.165 e. The number of anilines is 2. The van der Waals surface area contributed by atoms with Crippen LogP contribution in [0.5, 0.6) is 0 Å². The molecule has 94 heavy (non-hydrogen) atoms. The zero-order valence-corrected chi connectivity index (χ0v) is 66.8. The van der Waals surface area contributed by atoms with Crippen LogP contribution in [0.2, 0.25) is 121 Å². The lowest BCUT2D eigenvalue weighted by molar-refractivity contribution is 0.0940. The van der Waals surface area contributed by atoms with Gasteiger partial charge in [-0.1, -0.05) is 169 Å². The van der Waals surface area contributed by atoms with E-state index in [1.165, 1.54) is 70.3 Å². The van der Waals surface area contributed by atoms with Gasteiger partial charge >= 0.3 is 0 Å². The molecule has 4 aliphatic carbocycles. The Morgan fingerprint density at radius 2 is 0.830 bits per heavy atom. The molecule has 4 fully saturated rings. The molecule has 0 spiro atoms. The Morgan fingerprint density at radius 3 is 1.11 bits per heavy atom. The summed E-state index contributed by atoms with van der Waals surface area (Å²) in [6, 6.07) is 19.4. The van der Waals surface area contributed by atoms with Crippen LogP contribution in [0.25, 0.3) is 33.5 Å². The zero-order chi connectivity index (χ0) is 68.6. The number of aryl methyl sites for hydroxylation is 1. The molecule has 2 aromatic carbocycles. The third-order valence-electron chi connectivity index (χ3n) is 20.2. The predicted molar refractivity (Wildman–Crippen MR) is 402 cm³/mol. The van der Waals surface area contributed by atoms with E-state index in [4.69, 9.17) is 50.2 Å². The van der Waals surface area contributed by atoms with Crippen molar-refractivity contribution in [2.24, 2.45) is 23.7 Å². The Balaban J connectivity index is 0.000000216. The first-order chi connectivity index (χ1) is 44.0. The van der Waals surface area contributed by atoms with Crippen molar-refractivity contribution < 1.29 is 32.8 Å². The zero-order valence-electron chi connectivity index (χ0n) is 61.0. The summed E-state index contributed by atoms with van der Waals surface area (Å²) in [4.78, 5) is 14.9. The highest BCUT2D eigenvalue weighted by atomic mass is 35.6. The fourth-order valence-electron chi connectivity index (χ4n) is 13.1. The molecule has 4 aliphatic rings. The fourth-order valence-corrected chi connectivity index (χ4v) is 16.1. The maximum Gasteiger partial charge on any atom is 0.165 e. The molecule has 2 unspecified atom stereocenters. The highest BCUT2D eigenvalue weighted by Crippen LogP contribution is 2.50. The van der Waals surface area contributed by atoms with Crippen molar-refractivity contribution in [1.82, 2.24) is 29.2 Å². The number of aliphatic hydroxyl groups is 1. The van der Waals surface area contributed by atoms with Crippen LogP contribution in [0.15, 0.2) is 60.9 Å². The summed E-state index contributed by atoms with van der Waals surface area (Å²) in [5.41, 5.74) is 7.88. The monoisotopic (exact) mass is 1400 g/mol. The standard InChI is InChI=1S/C34H53FN4O2Si2.C33H51FN4O3Si2.C6H15ClSi/c1-8-27-11-12-28(20-31(27)35)30-22-36-39-33(21-32(37-34(30)39)29-18-25-9-10-26(17-25)19-29)38(23-40-13-15-42(2,3)4)24-41-14-16-43(5,6)7;1-42(2,3)13-11-40-22-37(23-41-12-14-43(4,5)6)32-19-31(28-16-24-7-8-25(15-24)17-28)36-33-29(20-35-38(32)33)26-9-10-27(21-39)30(34)18-26;1-6(2,3)8(4,5)7/h11-12,20-22,25-26,29H,8-10,13-19,23-24H2,1-7H3;9-10,18-20,24-25,28,39H,7-8,11-17,21-23H2,1-6H3;1-5H3/t25-,26+,29?;24-,25+,28?;.